The average Bonchev–Trinajstić information content (AvgIpc) is 2.06. The Labute approximate surface area is 68.1 Å². The first-order chi connectivity index (χ1) is 5.83. The highest BCUT2D eigenvalue weighted by Gasteiger charge is 1.98. The molecule has 0 aliphatic rings. The normalized spacial score (nSPS) is 12.6. The van der Waals surface area contributed by atoms with E-state index in [0.29, 0.717) is 6.42 Å². The van der Waals surface area contributed by atoms with Crippen molar-refractivity contribution in [3.8, 4) is 12.3 Å². The summed E-state index contributed by atoms with van der Waals surface area (Å²) in [6, 6.07) is 9.60. The predicted molar refractivity (Wildman–Crippen MR) is 45.0 cm³/mol. The minimum atomic E-state index is -0.718. The van der Waals surface area contributed by atoms with Gasteiger partial charge in [0.1, 0.15) is 7.47 Å². The van der Waals surface area contributed by atoms with Gasteiger partial charge >= 0.3 is 0 Å². The quantitative estimate of drug-likeness (QED) is 0.624. The van der Waals surface area contributed by atoms with Crippen LogP contribution in [-0.2, 0) is 6.42 Å². The molecule has 0 aromatic heterocycles. The number of benzene rings is 1. The molecule has 1 rings (SSSR count). The van der Waals surface area contributed by atoms with Crippen molar-refractivity contribution in [3.05, 3.63) is 35.9 Å². The van der Waals surface area contributed by atoms with E-state index in [1.54, 1.807) is 0 Å². The molecule has 1 atom stereocenters. The van der Waals surface area contributed by atoms with Gasteiger partial charge in [-0.25, -0.2) is 0 Å². The van der Waals surface area contributed by atoms with Gasteiger partial charge in [-0.05, 0) is 5.56 Å². The van der Waals surface area contributed by atoms with E-state index in [9.17, 15) is 5.11 Å². The van der Waals surface area contributed by atoms with E-state index in [1.807, 2.05) is 36.7 Å². The molecule has 0 saturated heterocycles. The van der Waals surface area contributed by atoms with Crippen molar-refractivity contribution in [2.24, 2.45) is 0 Å². The lowest BCUT2D eigenvalue weighted by Gasteiger charge is -2.01. The topological polar surface area (TPSA) is 20.2 Å². The maximum absolute atomic E-state index is 9.21. The van der Waals surface area contributed by atoms with Crippen LogP contribution in [0.3, 0.4) is 0 Å². The van der Waals surface area contributed by atoms with E-state index in [-0.39, 0.29) is 0 Å². The van der Waals surface area contributed by atoms with E-state index >= 15 is 0 Å². The van der Waals surface area contributed by atoms with Gasteiger partial charge in [0.2, 0.25) is 0 Å². The first-order valence-electron chi connectivity index (χ1n) is 3.97. The highest BCUT2D eigenvalue weighted by atomic mass is 16.3. The van der Waals surface area contributed by atoms with Crippen LogP contribution in [0.25, 0.3) is 0 Å². The number of rotatable bonds is 2. The van der Waals surface area contributed by atoms with Crippen molar-refractivity contribution in [3.63, 3.8) is 0 Å². The van der Waals surface area contributed by atoms with E-state index in [1.165, 1.54) is 0 Å². The third-order valence-corrected chi connectivity index (χ3v) is 1.44. The Balaban J connectivity index is 2.56. The third-order valence-electron chi connectivity index (χ3n) is 1.44. The summed E-state index contributed by atoms with van der Waals surface area (Å²) in [7, 11) is 0. The maximum atomic E-state index is 9.21. The van der Waals surface area contributed by atoms with Gasteiger partial charge in [-0.3, -0.25) is 0 Å². The SMILES string of the molecule is [2H]C#CC(O)Cc1ccccc1. The molecule has 0 saturated carbocycles. The second kappa shape index (κ2) is 3.80. The molecule has 0 bridgehead atoms. The molecule has 0 fully saturated rings. The minimum Gasteiger partial charge on any atom is -0.380 e. The molecule has 0 aliphatic heterocycles. The van der Waals surface area contributed by atoms with Crippen molar-refractivity contribution >= 4 is 0 Å². The van der Waals surface area contributed by atoms with Crippen molar-refractivity contribution in [1.82, 2.24) is 0 Å². The van der Waals surface area contributed by atoms with Crippen LogP contribution >= 0.6 is 0 Å². The molecule has 11 heavy (non-hydrogen) atoms. The fraction of sp³-hybridized carbons (Fsp3) is 0.200. The Morgan fingerprint density at radius 3 is 2.91 bits per heavy atom. The molecule has 0 aliphatic carbocycles. The van der Waals surface area contributed by atoms with Crippen LogP contribution in [0.1, 0.15) is 6.93 Å². The van der Waals surface area contributed by atoms with Crippen LogP contribution in [0.2, 0.25) is 0 Å². The number of hydrogen-bond acceptors (Lipinski definition) is 1. The molecule has 0 amide bonds. The molecule has 0 radical (unpaired) electrons. The van der Waals surface area contributed by atoms with Crippen molar-refractivity contribution in [2.75, 3.05) is 0 Å². The van der Waals surface area contributed by atoms with Gasteiger partial charge in [-0.1, -0.05) is 36.3 Å². The number of aliphatic hydroxyl groups is 1. The van der Waals surface area contributed by atoms with E-state index in [0.717, 1.165) is 5.56 Å². The highest BCUT2D eigenvalue weighted by Crippen LogP contribution is 2.01. The largest absolute Gasteiger partial charge is 0.380 e. The highest BCUT2D eigenvalue weighted by molar-refractivity contribution is 5.17. The van der Waals surface area contributed by atoms with E-state index < -0.39 is 6.10 Å². The molecule has 0 spiro atoms. The number of hydrogen-bond donors (Lipinski definition) is 1. The lowest BCUT2D eigenvalue weighted by molar-refractivity contribution is 0.233. The predicted octanol–water partition coefficient (Wildman–Crippen LogP) is 1.22. The van der Waals surface area contributed by atoms with Gasteiger partial charge in [0, 0.05) is 6.42 Å². The van der Waals surface area contributed by atoms with Crippen LogP contribution in [0.15, 0.2) is 30.3 Å². The first-order valence-corrected chi connectivity index (χ1v) is 3.47. The van der Waals surface area contributed by atoms with Gasteiger partial charge in [-0.15, -0.1) is 6.40 Å². The fourth-order valence-electron chi connectivity index (χ4n) is 0.888. The van der Waals surface area contributed by atoms with Crippen LogP contribution in [-0.4, -0.2) is 11.2 Å². The summed E-state index contributed by atoms with van der Waals surface area (Å²) in [4.78, 5) is 0. The summed E-state index contributed by atoms with van der Waals surface area (Å²) in [6.45, 7) is 0. The van der Waals surface area contributed by atoms with E-state index in [2.05, 4.69) is 5.92 Å². The molecule has 56 valence electrons. The standard InChI is InChI=1S/C10H10O/c1-2-10(11)8-9-6-4-3-5-7-9/h1,3-7,10-11H,8H2/i1D. The minimum absolute atomic E-state index is 0.493. The number of aliphatic hydroxyl groups excluding tert-OH is 1. The van der Waals surface area contributed by atoms with Crippen LogP contribution in [0.4, 0.5) is 0 Å². The van der Waals surface area contributed by atoms with Gasteiger partial charge in [-0.2, -0.15) is 0 Å². The second-order valence-electron chi connectivity index (χ2n) is 2.35. The molecular formula is C10H10O. The Morgan fingerprint density at radius 1 is 1.55 bits per heavy atom. The zero-order chi connectivity index (χ0) is 8.81. The second-order valence-corrected chi connectivity index (χ2v) is 2.35. The van der Waals surface area contributed by atoms with E-state index in [4.69, 9.17) is 1.37 Å². The molecule has 1 nitrogen and oxygen atoms in total. The molecule has 1 unspecified atom stereocenters. The summed E-state index contributed by atoms with van der Waals surface area (Å²) >= 11 is 0. The molecule has 1 aromatic rings. The zero-order valence-corrected chi connectivity index (χ0v) is 6.12. The van der Waals surface area contributed by atoms with Crippen molar-refractivity contribution in [1.29, 1.82) is 0 Å². The van der Waals surface area contributed by atoms with Crippen molar-refractivity contribution in [2.45, 2.75) is 12.5 Å². The van der Waals surface area contributed by atoms with Crippen LogP contribution in [0.5, 0.6) is 0 Å². The smallest absolute Gasteiger partial charge is 0.124 e. The van der Waals surface area contributed by atoms with Gasteiger partial charge < -0.3 is 5.11 Å². The van der Waals surface area contributed by atoms with Gasteiger partial charge in [0.15, 0.2) is 0 Å². The molecule has 1 N–H and O–H groups in total. The maximum Gasteiger partial charge on any atom is 0.124 e. The van der Waals surface area contributed by atoms with Crippen molar-refractivity contribution < 1.29 is 6.48 Å². The summed E-state index contributed by atoms with van der Waals surface area (Å²) in [5, 5.41) is 9.21. The van der Waals surface area contributed by atoms with Crippen LogP contribution in [0, 0.1) is 12.3 Å². The number of terminal acetylenes is 1. The van der Waals surface area contributed by atoms with Crippen LogP contribution < -0.4 is 0 Å². The average molecular weight is 147 g/mol. The monoisotopic (exact) mass is 147 g/mol. The zero-order valence-electron chi connectivity index (χ0n) is 7.12. The molecule has 1 heteroatoms. The Bertz CT molecular complexity index is 284. The Hall–Kier alpha value is -1.26. The Morgan fingerprint density at radius 2 is 2.27 bits per heavy atom. The fourth-order valence-corrected chi connectivity index (χ4v) is 0.888. The molecule has 0 heterocycles. The third kappa shape index (κ3) is 2.45. The first kappa shape index (κ1) is 6.45. The summed E-state index contributed by atoms with van der Waals surface area (Å²) in [5.74, 6) is 2.37. The summed E-state index contributed by atoms with van der Waals surface area (Å²) < 4.78 is 6.58. The van der Waals surface area contributed by atoms with Gasteiger partial charge in [0.25, 0.3) is 0 Å². The lowest BCUT2D eigenvalue weighted by atomic mass is 10.1. The van der Waals surface area contributed by atoms with Gasteiger partial charge in [0.05, 0.1) is 0 Å². The molecule has 1 aromatic carbocycles. The summed E-state index contributed by atoms with van der Waals surface area (Å²) in [6.07, 6.45) is 1.71. The molecular weight excluding hydrogens is 136 g/mol. The summed E-state index contributed by atoms with van der Waals surface area (Å²) in [5.41, 5.74) is 1.03. The Kier molecular flexibility index (Phi) is 2.23. The lowest BCUT2D eigenvalue weighted by Crippen LogP contribution is -2.06.